The molecule has 184 valence electrons. The molecule has 6 nitrogen and oxygen atoms in total. The lowest BCUT2D eigenvalue weighted by Crippen LogP contribution is -2.49. The van der Waals surface area contributed by atoms with Gasteiger partial charge in [-0.1, -0.05) is 29.8 Å². The summed E-state index contributed by atoms with van der Waals surface area (Å²) in [6, 6.07) is 14.1. The highest BCUT2D eigenvalue weighted by Crippen LogP contribution is 2.36. The van der Waals surface area contributed by atoms with Gasteiger partial charge in [0, 0.05) is 37.9 Å². The topological polar surface area (TPSA) is 60.0 Å². The predicted molar refractivity (Wildman–Crippen MR) is 128 cm³/mol. The summed E-state index contributed by atoms with van der Waals surface area (Å²) in [5, 5.41) is 3.19. The summed E-state index contributed by atoms with van der Waals surface area (Å²) >= 11 is 0. The Morgan fingerprint density at radius 3 is 2.38 bits per heavy atom. The number of benzene rings is 2. The zero-order chi connectivity index (χ0) is 24.0. The smallest absolute Gasteiger partial charge is 0.239 e. The van der Waals surface area contributed by atoms with Crippen molar-refractivity contribution in [1.29, 1.82) is 0 Å². The Hall–Kier alpha value is -2.48. The third-order valence-corrected chi connectivity index (χ3v) is 6.76. The van der Waals surface area contributed by atoms with Gasteiger partial charge in [-0.25, -0.2) is 4.39 Å². The Bertz CT molecular complexity index is 921. The van der Waals surface area contributed by atoms with Crippen LogP contribution < -0.4 is 10.1 Å². The van der Waals surface area contributed by atoms with E-state index in [2.05, 4.69) is 12.2 Å². The van der Waals surface area contributed by atoms with Crippen LogP contribution in [0, 0.1) is 12.7 Å². The van der Waals surface area contributed by atoms with Gasteiger partial charge in [-0.2, -0.15) is 0 Å². The van der Waals surface area contributed by atoms with Crippen molar-refractivity contribution in [1.82, 2.24) is 10.2 Å². The first-order valence-corrected chi connectivity index (χ1v) is 12.2. The summed E-state index contributed by atoms with van der Waals surface area (Å²) in [6.45, 7) is 4.46. The van der Waals surface area contributed by atoms with Gasteiger partial charge in [-0.05, 0) is 51.1 Å². The largest absolute Gasteiger partial charge is 0.490 e. The number of halogens is 1. The van der Waals surface area contributed by atoms with Gasteiger partial charge in [0.2, 0.25) is 5.91 Å². The summed E-state index contributed by atoms with van der Waals surface area (Å²) in [5.74, 6) is -0.137. The fourth-order valence-corrected chi connectivity index (χ4v) is 4.77. The van der Waals surface area contributed by atoms with Gasteiger partial charge in [0.05, 0.1) is 19.3 Å². The van der Waals surface area contributed by atoms with Crippen molar-refractivity contribution in [3.8, 4) is 5.75 Å². The second-order valence-corrected chi connectivity index (χ2v) is 9.15. The van der Waals surface area contributed by atoms with Crippen molar-refractivity contribution in [3.63, 3.8) is 0 Å². The Kier molecular flexibility index (Phi) is 8.19. The minimum atomic E-state index is -0.860. The molecule has 2 fully saturated rings. The Labute approximate surface area is 201 Å². The minimum Gasteiger partial charge on any atom is -0.490 e. The van der Waals surface area contributed by atoms with Gasteiger partial charge < -0.3 is 24.4 Å². The number of nitrogens with one attached hydrogen (secondary N) is 1. The Morgan fingerprint density at radius 2 is 1.76 bits per heavy atom. The van der Waals surface area contributed by atoms with Gasteiger partial charge >= 0.3 is 0 Å². The van der Waals surface area contributed by atoms with E-state index in [4.69, 9.17) is 14.2 Å². The van der Waals surface area contributed by atoms with E-state index >= 15 is 0 Å². The van der Waals surface area contributed by atoms with Crippen LogP contribution in [0.5, 0.6) is 5.75 Å². The van der Waals surface area contributed by atoms with E-state index in [0.717, 1.165) is 30.6 Å². The first-order valence-electron chi connectivity index (χ1n) is 12.2. The summed E-state index contributed by atoms with van der Waals surface area (Å²) in [6.07, 6.45) is 3.80. The molecule has 0 aliphatic carbocycles. The minimum absolute atomic E-state index is 0.125. The maximum atomic E-state index is 13.4. The third kappa shape index (κ3) is 5.95. The third-order valence-electron chi connectivity index (χ3n) is 6.76. The monoisotopic (exact) mass is 470 g/mol. The molecule has 1 atom stereocenters. The molecule has 1 unspecified atom stereocenters. The van der Waals surface area contributed by atoms with Crippen LogP contribution in [0.3, 0.4) is 0 Å². The standard InChI is InChI=1S/C27H35FN2O4/c1-20-5-11-23(12-6-20)34-24-13-16-30(17-14-24)26(31)25(29-2)4-3-15-27(32-18-19-33-27)21-7-9-22(28)10-8-21/h5-12,24-25,29H,3-4,13-19H2,1-2H3. The molecular formula is C27H35FN2O4. The number of piperidine rings is 1. The molecule has 0 spiro atoms. The molecule has 0 saturated carbocycles. The number of rotatable bonds is 9. The molecule has 1 N–H and O–H groups in total. The molecule has 1 amide bonds. The molecule has 7 heteroatoms. The van der Waals surface area contributed by atoms with Crippen LogP contribution >= 0.6 is 0 Å². The zero-order valence-corrected chi connectivity index (χ0v) is 20.1. The lowest BCUT2D eigenvalue weighted by molar-refractivity contribution is -0.172. The summed E-state index contributed by atoms with van der Waals surface area (Å²) < 4.78 is 31.4. The van der Waals surface area contributed by atoms with E-state index < -0.39 is 5.79 Å². The zero-order valence-electron chi connectivity index (χ0n) is 20.1. The number of hydrogen-bond donors (Lipinski definition) is 1. The molecule has 0 radical (unpaired) electrons. The summed E-state index contributed by atoms with van der Waals surface area (Å²) in [5.41, 5.74) is 2.02. The van der Waals surface area contributed by atoms with E-state index in [9.17, 15) is 9.18 Å². The highest BCUT2D eigenvalue weighted by molar-refractivity contribution is 5.82. The summed E-state index contributed by atoms with van der Waals surface area (Å²) in [4.78, 5) is 15.1. The average Bonchev–Trinajstić information content (AvgIpc) is 3.34. The van der Waals surface area contributed by atoms with Crippen molar-refractivity contribution in [2.75, 3.05) is 33.4 Å². The number of hydrogen-bond acceptors (Lipinski definition) is 5. The van der Waals surface area contributed by atoms with E-state index in [0.29, 0.717) is 39.1 Å². The maximum absolute atomic E-state index is 13.4. The maximum Gasteiger partial charge on any atom is 0.239 e. The fourth-order valence-electron chi connectivity index (χ4n) is 4.77. The highest BCUT2D eigenvalue weighted by Gasteiger charge is 2.38. The van der Waals surface area contributed by atoms with Crippen LogP contribution in [0.25, 0.3) is 0 Å². The van der Waals surface area contributed by atoms with E-state index in [1.54, 1.807) is 12.1 Å². The fraction of sp³-hybridized carbons (Fsp3) is 0.519. The molecule has 34 heavy (non-hydrogen) atoms. The van der Waals surface area contributed by atoms with Crippen molar-refractivity contribution >= 4 is 5.91 Å². The number of carbonyl (C=O) groups excluding carboxylic acids is 1. The number of amides is 1. The van der Waals surface area contributed by atoms with Gasteiger partial charge in [-0.15, -0.1) is 0 Å². The Morgan fingerprint density at radius 1 is 1.12 bits per heavy atom. The number of nitrogens with zero attached hydrogens (tertiary/aromatic N) is 1. The predicted octanol–water partition coefficient (Wildman–Crippen LogP) is 4.16. The van der Waals surface area contributed by atoms with Crippen LogP contribution in [0.2, 0.25) is 0 Å². The second kappa shape index (κ2) is 11.3. The number of aryl methyl sites for hydroxylation is 1. The van der Waals surface area contributed by atoms with Crippen molar-refractivity contribution in [2.45, 2.75) is 57.0 Å². The van der Waals surface area contributed by atoms with Crippen molar-refractivity contribution < 1.29 is 23.4 Å². The quantitative estimate of drug-likeness (QED) is 0.596. The van der Waals surface area contributed by atoms with Crippen LogP contribution in [0.1, 0.15) is 43.2 Å². The number of carbonyl (C=O) groups is 1. The normalized spacial score (nSPS) is 19.2. The number of ether oxygens (including phenoxy) is 3. The van der Waals surface area contributed by atoms with E-state index in [1.165, 1.54) is 17.7 Å². The molecule has 2 aliphatic rings. The highest BCUT2D eigenvalue weighted by atomic mass is 19.1. The van der Waals surface area contributed by atoms with E-state index in [1.807, 2.05) is 36.2 Å². The van der Waals surface area contributed by atoms with Crippen LogP contribution in [0.4, 0.5) is 4.39 Å². The Balaban J connectivity index is 1.26. The molecule has 2 heterocycles. The molecule has 0 bridgehead atoms. The average molecular weight is 471 g/mol. The van der Waals surface area contributed by atoms with Gasteiger partial charge in [0.15, 0.2) is 5.79 Å². The van der Waals surface area contributed by atoms with Gasteiger partial charge in [0.1, 0.15) is 17.7 Å². The number of likely N-dealkylation sites (tertiary alicyclic amines) is 1. The SMILES string of the molecule is CNC(CCCC1(c2ccc(F)cc2)OCCO1)C(=O)N1CCC(Oc2ccc(C)cc2)CC1. The number of likely N-dealkylation sites (N-methyl/N-ethyl adjacent to an activating group) is 1. The molecule has 2 aromatic rings. The molecule has 0 aromatic heterocycles. The van der Waals surface area contributed by atoms with Crippen molar-refractivity contribution in [3.05, 3.63) is 65.5 Å². The molecular weight excluding hydrogens is 435 g/mol. The molecule has 2 saturated heterocycles. The van der Waals surface area contributed by atoms with E-state index in [-0.39, 0.29) is 23.9 Å². The van der Waals surface area contributed by atoms with Crippen LogP contribution in [-0.4, -0.2) is 56.3 Å². The van der Waals surface area contributed by atoms with Crippen molar-refractivity contribution in [2.24, 2.45) is 0 Å². The van der Waals surface area contributed by atoms with Gasteiger partial charge in [0.25, 0.3) is 0 Å². The second-order valence-electron chi connectivity index (χ2n) is 9.15. The lowest BCUT2D eigenvalue weighted by Gasteiger charge is -2.34. The van der Waals surface area contributed by atoms with Gasteiger partial charge in [-0.3, -0.25) is 4.79 Å². The lowest BCUT2D eigenvalue weighted by atomic mass is 9.97. The molecule has 4 rings (SSSR count). The van der Waals surface area contributed by atoms with Crippen LogP contribution in [0.15, 0.2) is 48.5 Å². The first kappa shape index (κ1) is 24.6. The molecule has 2 aromatic carbocycles. The molecule has 2 aliphatic heterocycles. The summed E-state index contributed by atoms with van der Waals surface area (Å²) in [7, 11) is 1.83. The van der Waals surface area contributed by atoms with Crippen LogP contribution in [-0.2, 0) is 20.1 Å². The first-order chi connectivity index (χ1) is 16.5.